The molecule has 3 heteroatoms. The molecule has 2 aromatic carbocycles. The first-order valence-corrected chi connectivity index (χ1v) is 7.45. The predicted octanol–water partition coefficient (Wildman–Crippen LogP) is 4.91. The molecule has 1 unspecified atom stereocenters. The van der Waals surface area contributed by atoms with Crippen molar-refractivity contribution in [1.82, 2.24) is 5.32 Å². The van der Waals surface area contributed by atoms with Gasteiger partial charge in [-0.3, -0.25) is 0 Å². The van der Waals surface area contributed by atoms with Gasteiger partial charge in [-0.05, 0) is 55.3 Å². The molecule has 0 saturated carbocycles. The first kappa shape index (κ1) is 14.6. The summed E-state index contributed by atoms with van der Waals surface area (Å²) >= 11 is 9.80. The molecular weight excluding hydrogens is 322 g/mol. The van der Waals surface area contributed by atoms with Gasteiger partial charge < -0.3 is 5.32 Å². The fourth-order valence-electron chi connectivity index (χ4n) is 2.14. The summed E-state index contributed by atoms with van der Waals surface area (Å²) in [7, 11) is 1.97. The zero-order chi connectivity index (χ0) is 13.8. The highest BCUT2D eigenvalue weighted by molar-refractivity contribution is 9.10. The molecule has 0 aliphatic heterocycles. The lowest BCUT2D eigenvalue weighted by atomic mass is 9.98. The van der Waals surface area contributed by atoms with Gasteiger partial charge in [-0.15, -0.1) is 0 Å². The molecule has 0 aromatic heterocycles. The van der Waals surface area contributed by atoms with Crippen molar-refractivity contribution >= 4 is 27.5 Å². The van der Waals surface area contributed by atoms with Gasteiger partial charge in [0.15, 0.2) is 0 Å². The minimum absolute atomic E-state index is 0.231. The first-order chi connectivity index (χ1) is 9.10. The predicted molar refractivity (Wildman–Crippen MR) is 85.8 cm³/mol. The Morgan fingerprint density at radius 3 is 2.42 bits per heavy atom. The highest BCUT2D eigenvalue weighted by Gasteiger charge is 2.13. The Labute approximate surface area is 128 Å². The second kappa shape index (κ2) is 6.56. The number of hydrogen-bond donors (Lipinski definition) is 1. The van der Waals surface area contributed by atoms with E-state index in [1.807, 2.05) is 13.1 Å². The van der Waals surface area contributed by atoms with E-state index >= 15 is 0 Å². The van der Waals surface area contributed by atoms with E-state index in [1.54, 1.807) is 0 Å². The summed E-state index contributed by atoms with van der Waals surface area (Å²) in [5.74, 6) is 0. The standard InChI is InChI=1S/C16H17BrClN/c1-11-3-8-14(15(18)9-11)16(19-2)10-12-4-6-13(17)7-5-12/h3-9,16,19H,10H2,1-2H3. The average Bonchev–Trinajstić information content (AvgIpc) is 2.39. The molecule has 2 aromatic rings. The van der Waals surface area contributed by atoms with E-state index in [2.05, 4.69) is 64.6 Å². The van der Waals surface area contributed by atoms with Crippen LogP contribution in [-0.2, 0) is 6.42 Å². The fraction of sp³-hybridized carbons (Fsp3) is 0.250. The maximum Gasteiger partial charge on any atom is 0.0456 e. The quantitative estimate of drug-likeness (QED) is 0.835. The number of nitrogens with one attached hydrogen (secondary N) is 1. The topological polar surface area (TPSA) is 12.0 Å². The third kappa shape index (κ3) is 3.82. The number of likely N-dealkylation sites (N-methyl/N-ethyl adjacent to an activating group) is 1. The summed E-state index contributed by atoms with van der Waals surface area (Å²) < 4.78 is 1.10. The minimum Gasteiger partial charge on any atom is -0.313 e. The molecule has 0 fully saturated rings. The van der Waals surface area contributed by atoms with Gasteiger partial charge >= 0.3 is 0 Å². The lowest BCUT2D eigenvalue weighted by molar-refractivity contribution is 0.592. The third-order valence-electron chi connectivity index (χ3n) is 3.23. The van der Waals surface area contributed by atoms with Crippen LogP contribution in [0.3, 0.4) is 0 Å². The number of hydrogen-bond acceptors (Lipinski definition) is 1. The minimum atomic E-state index is 0.231. The van der Waals surface area contributed by atoms with Gasteiger partial charge in [0.1, 0.15) is 0 Å². The summed E-state index contributed by atoms with van der Waals surface area (Å²) in [4.78, 5) is 0. The van der Waals surface area contributed by atoms with E-state index in [1.165, 1.54) is 11.1 Å². The van der Waals surface area contributed by atoms with E-state index in [0.717, 1.165) is 21.5 Å². The molecule has 1 atom stereocenters. The van der Waals surface area contributed by atoms with Crippen LogP contribution in [0.4, 0.5) is 0 Å². The highest BCUT2D eigenvalue weighted by atomic mass is 79.9. The van der Waals surface area contributed by atoms with Gasteiger partial charge in [0.05, 0.1) is 0 Å². The van der Waals surface area contributed by atoms with Gasteiger partial charge in [-0.1, -0.05) is 51.8 Å². The molecule has 0 spiro atoms. The SMILES string of the molecule is CNC(Cc1ccc(Br)cc1)c1ccc(C)cc1Cl. The van der Waals surface area contributed by atoms with Crippen LogP contribution in [0.1, 0.15) is 22.7 Å². The van der Waals surface area contributed by atoms with E-state index in [0.29, 0.717) is 0 Å². The van der Waals surface area contributed by atoms with Crippen molar-refractivity contribution in [3.05, 3.63) is 68.7 Å². The van der Waals surface area contributed by atoms with Gasteiger partial charge in [0.25, 0.3) is 0 Å². The maximum atomic E-state index is 6.35. The molecule has 2 rings (SSSR count). The molecule has 0 radical (unpaired) electrons. The Balaban J connectivity index is 2.22. The normalized spacial score (nSPS) is 12.4. The van der Waals surface area contributed by atoms with Crippen molar-refractivity contribution in [3.8, 4) is 0 Å². The first-order valence-electron chi connectivity index (χ1n) is 6.28. The van der Waals surface area contributed by atoms with Crippen LogP contribution in [-0.4, -0.2) is 7.05 Å². The van der Waals surface area contributed by atoms with Crippen molar-refractivity contribution in [3.63, 3.8) is 0 Å². The maximum absolute atomic E-state index is 6.35. The number of rotatable bonds is 4. The van der Waals surface area contributed by atoms with Crippen LogP contribution >= 0.6 is 27.5 Å². The Bertz CT molecular complexity index is 551. The zero-order valence-corrected chi connectivity index (χ0v) is 13.4. The Kier molecular flexibility index (Phi) is 5.03. The summed E-state index contributed by atoms with van der Waals surface area (Å²) in [5, 5.41) is 4.18. The lowest BCUT2D eigenvalue weighted by Crippen LogP contribution is -2.19. The molecule has 100 valence electrons. The Hall–Kier alpha value is -0.830. The van der Waals surface area contributed by atoms with E-state index in [4.69, 9.17) is 11.6 Å². The Morgan fingerprint density at radius 1 is 1.16 bits per heavy atom. The summed E-state index contributed by atoms with van der Waals surface area (Å²) in [6.07, 6.45) is 0.923. The fourth-order valence-corrected chi connectivity index (χ4v) is 2.77. The lowest BCUT2D eigenvalue weighted by Gasteiger charge is -2.18. The van der Waals surface area contributed by atoms with E-state index in [-0.39, 0.29) is 6.04 Å². The van der Waals surface area contributed by atoms with E-state index in [9.17, 15) is 0 Å². The molecule has 0 amide bonds. The number of benzene rings is 2. The van der Waals surface area contributed by atoms with E-state index < -0.39 is 0 Å². The molecule has 0 aliphatic rings. The number of aryl methyl sites for hydroxylation is 1. The highest BCUT2D eigenvalue weighted by Crippen LogP contribution is 2.27. The van der Waals surface area contributed by atoms with Crippen molar-refractivity contribution in [2.24, 2.45) is 0 Å². The van der Waals surface area contributed by atoms with Gasteiger partial charge in [-0.25, -0.2) is 0 Å². The zero-order valence-electron chi connectivity index (χ0n) is 11.1. The molecule has 0 aliphatic carbocycles. The molecule has 0 heterocycles. The monoisotopic (exact) mass is 337 g/mol. The molecule has 1 N–H and O–H groups in total. The van der Waals surface area contributed by atoms with Crippen LogP contribution in [0.15, 0.2) is 46.9 Å². The molecule has 0 saturated heterocycles. The third-order valence-corrected chi connectivity index (χ3v) is 4.09. The average molecular weight is 339 g/mol. The second-order valence-electron chi connectivity index (χ2n) is 4.70. The van der Waals surface area contributed by atoms with Crippen molar-refractivity contribution < 1.29 is 0 Å². The van der Waals surface area contributed by atoms with Crippen molar-refractivity contribution in [2.75, 3.05) is 7.05 Å². The summed E-state index contributed by atoms with van der Waals surface area (Å²) in [6, 6.07) is 14.9. The van der Waals surface area contributed by atoms with Gasteiger partial charge in [0.2, 0.25) is 0 Å². The van der Waals surface area contributed by atoms with Crippen LogP contribution in [0.2, 0.25) is 5.02 Å². The van der Waals surface area contributed by atoms with Crippen molar-refractivity contribution in [2.45, 2.75) is 19.4 Å². The second-order valence-corrected chi connectivity index (χ2v) is 6.02. The summed E-state index contributed by atoms with van der Waals surface area (Å²) in [5.41, 5.74) is 3.63. The van der Waals surface area contributed by atoms with Crippen LogP contribution in [0.25, 0.3) is 0 Å². The largest absolute Gasteiger partial charge is 0.313 e. The van der Waals surface area contributed by atoms with Gasteiger partial charge in [0, 0.05) is 15.5 Å². The summed E-state index contributed by atoms with van der Waals surface area (Å²) in [6.45, 7) is 2.05. The van der Waals surface area contributed by atoms with Gasteiger partial charge in [-0.2, -0.15) is 0 Å². The number of halogens is 2. The van der Waals surface area contributed by atoms with Crippen molar-refractivity contribution in [1.29, 1.82) is 0 Å². The van der Waals surface area contributed by atoms with Crippen LogP contribution in [0.5, 0.6) is 0 Å². The molecular formula is C16H17BrClN. The molecule has 1 nitrogen and oxygen atoms in total. The molecule has 19 heavy (non-hydrogen) atoms. The smallest absolute Gasteiger partial charge is 0.0456 e. The van der Waals surface area contributed by atoms with Crippen LogP contribution < -0.4 is 5.32 Å². The Morgan fingerprint density at radius 2 is 1.84 bits per heavy atom. The molecule has 0 bridgehead atoms. The van der Waals surface area contributed by atoms with Crippen LogP contribution in [0, 0.1) is 6.92 Å².